The van der Waals surface area contributed by atoms with Gasteiger partial charge in [0.05, 0.1) is 94.3 Å². The van der Waals surface area contributed by atoms with Crippen LogP contribution < -0.4 is 22.2 Å². The molecule has 0 saturated heterocycles. The molecule has 0 unspecified atom stereocenters. The minimum Gasteiger partial charge on any atom is -0.461 e. The number of halogens is 4. The maximum absolute atomic E-state index is 13.4. The zero-order chi connectivity index (χ0) is 105. The Balaban J connectivity index is 0.000000151. The number of carbonyl (C=O) groups is 4. The van der Waals surface area contributed by atoms with Crippen molar-refractivity contribution in [2.24, 2.45) is 0 Å². The van der Waals surface area contributed by atoms with E-state index in [-0.39, 0.29) is 57.1 Å². The molecule has 4 N–H and O–H groups in total. The number of rotatable bonds is 21. The number of benzene rings is 7. The van der Waals surface area contributed by atoms with Crippen LogP contribution in [0.1, 0.15) is 177 Å². The smallest absolute Gasteiger partial charge is 0.356 e. The first-order valence-corrected chi connectivity index (χ1v) is 54.8. The predicted molar refractivity (Wildman–Crippen MR) is 575 cm³/mol. The summed E-state index contributed by atoms with van der Waals surface area (Å²) in [6, 6.07) is 63.3. The van der Waals surface area contributed by atoms with Crippen LogP contribution in [0, 0.1) is 41.5 Å². The Morgan fingerprint density at radius 3 is 0.966 bits per heavy atom. The zero-order valence-electron chi connectivity index (χ0n) is 81.8. The second-order valence-electron chi connectivity index (χ2n) is 35.8. The number of carbonyl (C=O) groups excluding carboxylic acids is 4. The molecule has 8 aromatic heterocycles. The quantitative estimate of drug-likeness (QED) is 0.0383. The average Bonchev–Trinajstić information content (AvgIpc) is 1.53. The van der Waals surface area contributed by atoms with E-state index in [0.717, 1.165) is 158 Å². The van der Waals surface area contributed by atoms with Gasteiger partial charge in [0.1, 0.15) is 32.6 Å². The summed E-state index contributed by atoms with van der Waals surface area (Å²) in [4.78, 5) is 116. The van der Waals surface area contributed by atoms with Gasteiger partial charge in [0.15, 0.2) is 9.84 Å². The first-order valence-electron chi connectivity index (χ1n) is 46.9. The summed E-state index contributed by atoms with van der Waals surface area (Å²) in [6.45, 7) is 23.6. The van der Waals surface area contributed by atoms with Gasteiger partial charge in [-0.15, -0.1) is 0 Å². The van der Waals surface area contributed by atoms with Crippen molar-refractivity contribution in [2.45, 2.75) is 174 Å². The van der Waals surface area contributed by atoms with Crippen molar-refractivity contribution in [1.82, 2.24) is 38.2 Å². The van der Waals surface area contributed by atoms with E-state index < -0.39 is 65.9 Å². The topological polar surface area (TPSA) is 393 Å². The molecule has 0 saturated carbocycles. The Morgan fingerprint density at radius 2 is 0.651 bits per heavy atom. The highest BCUT2D eigenvalue weighted by molar-refractivity contribution is 9.11. The molecule has 0 atom stereocenters. The Morgan fingerprint density at radius 1 is 0.363 bits per heavy atom. The van der Waals surface area contributed by atoms with Crippen LogP contribution in [0.15, 0.2) is 252 Å². The molecule has 4 aliphatic carbocycles. The Kier molecular flexibility index (Phi) is 35.0. The number of aromatic nitrogens is 8. The maximum Gasteiger partial charge on any atom is 0.356 e. The molecule has 19 rings (SSSR count). The van der Waals surface area contributed by atoms with Gasteiger partial charge in [0.2, 0.25) is 9.84 Å². The lowest BCUT2D eigenvalue weighted by Gasteiger charge is -2.21. The highest BCUT2D eigenvalue weighted by Gasteiger charge is 2.39. The largest absolute Gasteiger partial charge is 0.461 e. The molecule has 146 heavy (non-hydrogen) atoms. The predicted octanol–water partition coefficient (Wildman–Crippen LogP) is 20.2. The van der Waals surface area contributed by atoms with Crippen LogP contribution in [0.25, 0.3) is 67.8 Å². The molecule has 756 valence electrons. The zero-order valence-corrected chi connectivity index (χ0v) is 91.4. The molecular formula is C110H104Br4N8O20S4. The van der Waals surface area contributed by atoms with Crippen LogP contribution in [-0.2, 0) is 139 Å². The third kappa shape index (κ3) is 23.4. The monoisotopic (exact) mass is 2300 g/mol. The molecule has 7 aromatic carbocycles. The average molecular weight is 2310 g/mol. The van der Waals surface area contributed by atoms with Crippen molar-refractivity contribution in [2.75, 3.05) is 26.1 Å². The first kappa shape index (κ1) is 109. The molecule has 28 nitrogen and oxygen atoms in total. The highest BCUT2D eigenvalue weighted by Crippen LogP contribution is 2.47. The maximum atomic E-state index is 13.4. The van der Waals surface area contributed by atoms with Gasteiger partial charge in [-0.25, -0.2) is 36.0 Å². The lowest BCUT2D eigenvalue weighted by molar-refractivity contribution is 0.0362. The lowest BCUT2D eigenvalue weighted by Crippen LogP contribution is -2.22. The van der Waals surface area contributed by atoms with Crippen LogP contribution >= 0.6 is 63.7 Å². The number of pyridine rings is 4. The summed E-state index contributed by atoms with van der Waals surface area (Å²) < 4.78 is 116. The van der Waals surface area contributed by atoms with E-state index >= 15 is 0 Å². The molecular weight excluding hydrogens is 2200 g/mol. The van der Waals surface area contributed by atoms with Crippen molar-refractivity contribution in [3.63, 3.8) is 0 Å². The SMILES string of the molecule is CCOC(=O)c1c(Br)c2c(n1Cc1ccc(C)cc1)-c1[nH]c(=O)c(S(=O)(=O)c3ccc(C)cc3)cc1CC2.CCOC(=O)c1c(Br)c2c(n1Cc1ccc(C)cc1)-c1[nH]c(=O)c(S(C)(=O)=O)cc1CC2.CCOC(=O)c1c(Br)c2c(n1Cc1ccc(C)cc1C)-c1[nH]c(=O)c(-c3ccccc3)cc1CC2.Cc1ccc(Cn2c(C(=O)OC(C)C)c(Br)c3c2-c2[nH]c(=O)c(-c4ccccc4)cc2CC3)cc1.O=S=O.O=S=O. The minimum atomic E-state index is -4.02. The number of hydrogen-bond donors (Lipinski definition) is 4. The number of sulfone groups is 2. The minimum absolute atomic E-state index is 0.0696. The summed E-state index contributed by atoms with van der Waals surface area (Å²) >= 11 is 13.1. The van der Waals surface area contributed by atoms with Crippen LogP contribution in [-0.4, -0.2) is 128 Å². The van der Waals surface area contributed by atoms with Crippen molar-refractivity contribution in [3.8, 4) is 67.8 Å². The number of hydrogen-bond acceptors (Lipinski definition) is 20. The number of H-pyrrole nitrogens is 4. The summed E-state index contributed by atoms with van der Waals surface area (Å²) in [5.41, 5.74) is 27.0. The molecule has 0 amide bonds. The van der Waals surface area contributed by atoms with E-state index in [1.54, 1.807) is 32.9 Å². The van der Waals surface area contributed by atoms with Gasteiger partial charge in [0.25, 0.3) is 22.2 Å². The van der Waals surface area contributed by atoms with Crippen LogP contribution in [0.3, 0.4) is 0 Å². The fourth-order valence-electron chi connectivity index (χ4n) is 18.6. The van der Waals surface area contributed by atoms with Gasteiger partial charge < -0.3 is 57.2 Å². The normalized spacial score (nSPS) is 12.2. The molecule has 0 fully saturated rings. The Hall–Kier alpha value is -13.2. The van der Waals surface area contributed by atoms with Crippen LogP contribution in [0.2, 0.25) is 0 Å². The number of nitrogens with zero attached hydrogens (tertiary/aromatic N) is 4. The van der Waals surface area contributed by atoms with E-state index in [4.69, 9.17) is 35.8 Å². The number of ether oxygens (including phenoxy) is 4. The fraction of sp³-hybridized carbons (Fsp3) is 0.255. The summed E-state index contributed by atoms with van der Waals surface area (Å²) in [5.74, 6) is -1.68. The summed E-state index contributed by atoms with van der Waals surface area (Å²) in [5, 5.41) is 0. The molecule has 36 heteroatoms. The van der Waals surface area contributed by atoms with Gasteiger partial charge in [-0.2, -0.15) is 16.8 Å². The molecule has 15 aromatic rings. The summed E-state index contributed by atoms with van der Waals surface area (Å²) in [6.07, 6.45) is 6.03. The fourth-order valence-corrected chi connectivity index (χ4v) is 23.8. The van der Waals surface area contributed by atoms with Gasteiger partial charge in [-0.3, -0.25) is 19.2 Å². The van der Waals surface area contributed by atoms with Gasteiger partial charge >= 0.3 is 47.0 Å². The second kappa shape index (κ2) is 47.1. The lowest BCUT2D eigenvalue weighted by atomic mass is 9.92. The second-order valence-corrected chi connectivity index (χ2v) is 43.2. The van der Waals surface area contributed by atoms with Gasteiger partial charge in [-0.1, -0.05) is 192 Å². The van der Waals surface area contributed by atoms with Crippen molar-refractivity contribution >= 4 is 130 Å². The number of aryl methyl sites for hydroxylation is 10. The first-order chi connectivity index (χ1) is 69.8. The molecule has 0 aliphatic heterocycles. The third-order valence-corrected chi connectivity index (χ3v) is 31.8. The van der Waals surface area contributed by atoms with E-state index in [0.29, 0.717) is 130 Å². The number of esters is 4. The number of fused-ring (bicyclic) bond motifs is 12. The van der Waals surface area contributed by atoms with E-state index in [1.165, 1.54) is 35.4 Å². The molecule has 0 bridgehead atoms. The van der Waals surface area contributed by atoms with Crippen molar-refractivity contribution < 1.29 is 71.8 Å². The van der Waals surface area contributed by atoms with Gasteiger partial charge in [-0.05, 0) is 311 Å². The molecule has 4 aliphatic rings. The molecule has 0 spiro atoms. The number of aromatic amines is 4. The van der Waals surface area contributed by atoms with Crippen LogP contribution in [0.4, 0.5) is 0 Å². The third-order valence-electron chi connectivity index (χ3n) is 25.5. The molecule has 8 heterocycles. The standard InChI is InChI=1S/C29H27BrN2O5S.2C29H27BrN2O3.C23H23BrN2O5S.2O2S/c1-4-37-29(34)27-24(30)22-14-11-20-15-23(38(35,36)21-12-7-18(3)8-13-21)28(33)31-25(20)26(22)32(27)16-19-9-5-17(2)6-10-19;1-17(2)35-29(34)27-24(30)22-14-13-21-15-23(20-7-5-4-6-8-20)28(33)31-25(21)26(22)32(27)16-19-11-9-18(3)10-12-19;1-4-35-29(34)27-24(30)22-13-12-20-15-23(19-8-6-5-7-9-19)28(33)31-25(20)26(22)32(27)16-21-11-10-17(2)14-18(21)3;1-4-31-23(28)21-18(24)16-10-9-15-11-17(32(3,29)30)22(27)25-19(15)20(16)26(21)12-14-7-5-13(2)6-8-14;2*1-3-2/h5-10,12-13,15H,4,11,14,16H2,1-3H3,(H,31,33);4-12,15,17H,13-14,16H2,1-3H3,(H,31,33);5-11,14-15H,4,12-13,16H2,1-3H3,(H,31,33);5-8,11H,4,9-10,12H2,1-3H3,(H,25,27);;. The van der Waals surface area contributed by atoms with Crippen LogP contribution in [0.5, 0.6) is 0 Å². The van der Waals surface area contributed by atoms with Crippen molar-refractivity contribution in [3.05, 3.63) is 382 Å². The van der Waals surface area contributed by atoms with E-state index in [2.05, 4.69) is 147 Å². The van der Waals surface area contributed by atoms with E-state index in [1.807, 2.05) is 174 Å². The Bertz CT molecular complexity index is 8160. The summed E-state index contributed by atoms with van der Waals surface area (Å²) in [7, 11) is -7.68. The highest BCUT2D eigenvalue weighted by atomic mass is 79.9. The van der Waals surface area contributed by atoms with E-state index in [9.17, 15) is 55.2 Å². The van der Waals surface area contributed by atoms with Crippen molar-refractivity contribution in [1.29, 1.82) is 0 Å². The Labute approximate surface area is 883 Å². The molecule has 0 radical (unpaired) electrons. The number of nitrogens with one attached hydrogen (secondary N) is 4. The van der Waals surface area contributed by atoms with Gasteiger partial charge in [0, 0.05) is 43.6 Å².